The molecule has 2 aromatic carbocycles. The molecule has 11 aromatic rings. The maximum Gasteiger partial charge on any atom is 0.172 e. The number of pyridine rings is 1. The number of aryl methyl sites for hydroxylation is 3. The first kappa shape index (κ1) is 83.0. The van der Waals surface area contributed by atoms with Crippen LogP contribution in [0.2, 0.25) is 0 Å². The van der Waals surface area contributed by atoms with Gasteiger partial charge in [0.05, 0.1) is 39.2 Å². The van der Waals surface area contributed by atoms with Crippen LogP contribution in [0.5, 0.6) is 11.5 Å². The van der Waals surface area contributed by atoms with E-state index in [-0.39, 0.29) is 0 Å². The summed E-state index contributed by atoms with van der Waals surface area (Å²) in [6, 6.07) is 37.3. The van der Waals surface area contributed by atoms with Gasteiger partial charge in [-0.25, -0.2) is 29.9 Å². The quantitative estimate of drug-likeness (QED) is 0.0353. The molecule has 0 fully saturated rings. The van der Waals surface area contributed by atoms with Crippen molar-refractivity contribution >= 4 is 90.4 Å². The van der Waals surface area contributed by atoms with Crippen LogP contribution in [0.4, 0.5) is 11.6 Å². The lowest BCUT2D eigenvalue weighted by molar-refractivity contribution is 0.304. The summed E-state index contributed by atoms with van der Waals surface area (Å²) in [5.74, 6) is 4.54. The molecule has 9 aromatic heterocycles. The summed E-state index contributed by atoms with van der Waals surface area (Å²) in [5, 5.41) is 7.63. The Bertz CT molecular complexity index is 4510. The molecule has 16 heteroatoms. The van der Waals surface area contributed by atoms with Crippen LogP contribution >= 0.6 is 56.7 Å². The van der Waals surface area contributed by atoms with Crippen LogP contribution < -0.4 is 20.1 Å². The molecule has 109 heavy (non-hydrogen) atoms. The van der Waals surface area contributed by atoms with Gasteiger partial charge in [-0.3, -0.25) is 4.98 Å². The molecule has 0 aliphatic rings. The van der Waals surface area contributed by atoms with Crippen molar-refractivity contribution in [3.05, 3.63) is 125 Å². The van der Waals surface area contributed by atoms with Crippen molar-refractivity contribution in [2.75, 3.05) is 36.9 Å². The maximum absolute atomic E-state index is 6.64. The Morgan fingerprint density at radius 1 is 0.321 bits per heavy atom. The Kier molecular flexibility index (Phi) is 34.7. The highest BCUT2D eigenvalue weighted by Gasteiger charge is 2.26. The van der Waals surface area contributed by atoms with E-state index in [1.807, 2.05) is 22.7 Å². The maximum atomic E-state index is 6.64. The monoisotopic (exact) mass is 1560 g/mol. The molecule has 11 rings (SSSR count). The highest BCUT2D eigenvalue weighted by Crippen LogP contribution is 2.47. The average Bonchev–Trinajstić information content (AvgIpc) is 1.70. The Hall–Kier alpha value is -6.95. The van der Waals surface area contributed by atoms with Crippen molar-refractivity contribution in [3.8, 4) is 95.9 Å². The van der Waals surface area contributed by atoms with Gasteiger partial charge in [0, 0.05) is 70.1 Å². The molecule has 0 aliphatic carbocycles. The van der Waals surface area contributed by atoms with Gasteiger partial charge < -0.3 is 20.1 Å². The van der Waals surface area contributed by atoms with Crippen molar-refractivity contribution in [2.24, 2.45) is 0 Å². The van der Waals surface area contributed by atoms with E-state index >= 15 is 0 Å². The van der Waals surface area contributed by atoms with Crippen molar-refractivity contribution in [1.82, 2.24) is 34.9 Å². The Labute approximate surface area is 673 Å². The van der Waals surface area contributed by atoms with E-state index in [0.29, 0.717) is 24.9 Å². The van der Waals surface area contributed by atoms with Crippen molar-refractivity contribution in [1.29, 1.82) is 0 Å². The molecule has 0 spiro atoms. The molecule has 0 bridgehead atoms. The third-order valence-corrected chi connectivity index (χ3v) is 26.6. The number of nitrogens with one attached hydrogen (secondary N) is 2. The molecule has 2 N–H and O–H groups in total. The molecule has 0 saturated carbocycles. The van der Waals surface area contributed by atoms with Crippen LogP contribution in [0.15, 0.2) is 109 Å². The minimum Gasteiger partial charge on any atom is -0.494 e. The van der Waals surface area contributed by atoms with Gasteiger partial charge in [-0.05, 0) is 137 Å². The van der Waals surface area contributed by atoms with Gasteiger partial charge in [0.2, 0.25) is 0 Å². The molecule has 0 amide bonds. The van der Waals surface area contributed by atoms with Gasteiger partial charge in [-0.1, -0.05) is 258 Å². The van der Waals surface area contributed by atoms with Crippen molar-refractivity contribution in [2.45, 2.75) is 286 Å². The molecule has 0 atom stereocenters. The Morgan fingerprint density at radius 3 is 1.17 bits per heavy atom. The van der Waals surface area contributed by atoms with E-state index in [0.717, 1.165) is 161 Å². The number of rotatable bonds is 53. The zero-order valence-electron chi connectivity index (χ0n) is 66.9. The standard InChI is InChI=1S/C93H123N9O2S5/c1-8-13-18-23-27-29-31-33-37-42-61-103-72-49-44-47-69(64-72)82-83(70-48-45-50-73(65-70)104-62-43-38-34-32-30-28-24-19-14-9-2)98-85-84(97-82)74(66-96-86(85)89-71(63-68(7)106-89)46-39-22-17-12-5)75-53-54-78(107-75)79-56-58-81(109-79)91-100-88-87(93(102-91)95-60-41-36-26-21-16-11-4)99-90(101-92(88)94-59-40-35-25-20-15-10-3)80-57-55-77(108-80)76-52-51-67(6)105-76/h44-45,47-58,63-66H,8-43,46,59-62H2,1-7H3,(H,94,99,101)(H,95,100,102). The third kappa shape index (κ3) is 24.8. The summed E-state index contributed by atoms with van der Waals surface area (Å²) in [4.78, 5) is 50.6. The van der Waals surface area contributed by atoms with E-state index in [1.54, 1.807) is 34.0 Å². The van der Waals surface area contributed by atoms with Crippen LogP contribution in [-0.2, 0) is 6.42 Å². The van der Waals surface area contributed by atoms with Gasteiger partial charge in [0.15, 0.2) is 23.3 Å². The first-order valence-corrected chi connectivity index (χ1v) is 46.5. The number of nitrogens with zero attached hydrogens (tertiary/aromatic N) is 7. The molecule has 582 valence electrons. The van der Waals surface area contributed by atoms with Crippen LogP contribution in [0.1, 0.15) is 281 Å². The van der Waals surface area contributed by atoms with Gasteiger partial charge in [0.1, 0.15) is 39.3 Å². The van der Waals surface area contributed by atoms with Crippen molar-refractivity contribution < 1.29 is 9.47 Å². The zero-order chi connectivity index (χ0) is 75.6. The second kappa shape index (κ2) is 45.5. The molecule has 0 saturated heterocycles. The van der Waals surface area contributed by atoms with Gasteiger partial charge in [-0.15, -0.1) is 56.7 Å². The van der Waals surface area contributed by atoms with E-state index in [9.17, 15) is 0 Å². The summed E-state index contributed by atoms with van der Waals surface area (Å²) in [6.07, 6.45) is 47.9. The molecule has 11 nitrogen and oxygen atoms in total. The second-order valence-corrected chi connectivity index (χ2v) is 35.9. The van der Waals surface area contributed by atoms with Crippen LogP contribution in [0, 0.1) is 13.8 Å². The summed E-state index contributed by atoms with van der Waals surface area (Å²) in [5.41, 5.74) is 9.78. The smallest absolute Gasteiger partial charge is 0.172 e. The fraction of sp³-hybridized carbons (Fsp3) is 0.516. The third-order valence-electron chi connectivity index (χ3n) is 20.8. The lowest BCUT2D eigenvalue weighted by Gasteiger charge is -2.16. The molecule has 0 unspecified atom stereocenters. The topological polar surface area (TPSA) is 133 Å². The second-order valence-electron chi connectivity index (χ2n) is 30.1. The predicted molar refractivity (Wildman–Crippen MR) is 475 cm³/mol. The van der Waals surface area contributed by atoms with Gasteiger partial charge in [0.25, 0.3) is 0 Å². The number of thiophene rings is 5. The molecular weight excluding hydrogens is 1440 g/mol. The number of benzene rings is 2. The number of fused-ring (bicyclic) bond motifs is 2. The minimum absolute atomic E-state index is 0.661. The Balaban J connectivity index is 0.951. The molecule has 0 aliphatic heterocycles. The number of aromatic nitrogens is 7. The molecule has 9 heterocycles. The highest BCUT2D eigenvalue weighted by molar-refractivity contribution is 7.25. The van der Waals surface area contributed by atoms with Crippen molar-refractivity contribution in [3.63, 3.8) is 0 Å². The first-order chi connectivity index (χ1) is 53.7. The van der Waals surface area contributed by atoms with E-state index in [2.05, 4.69) is 168 Å². The average molecular weight is 1560 g/mol. The van der Waals surface area contributed by atoms with Gasteiger partial charge in [-0.2, -0.15) is 0 Å². The van der Waals surface area contributed by atoms with E-state index in [1.165, 1.54) is 223 Å². The molecular formula is C93H123N9O2S5. The number of unbranched alkanes of at least 4 members (excludes halogenated alkanes) is 31. The minimum atomic E-state index is 0.661. The number of ether oxygens (including phenoxy) is 2. The Morgan fingerprint density at radius 2 is 0.716 bits per heavy atom. The largest absolute Gasteiger partial charge is 0.494 e. The summed E-state index contributed by atoms with van der Waals surface area (Å²) >= 11 is 8.88. The number of anilines is 2. The predicted octanol–water partition coefficient (Wildman–Crippen LogP) is 30.3. The van der Waals surface area contributed by atoms with E-state index in [4.69, 9.17) is 44.4 Å². The first-order valence-electron chi connectivity index (χ1n) is 42.4. The lowest BCUT2D eigenvalue weighted by atomic mass is 10.0. The fourth-order valence-electron chi connectivity index (χ4n) is 14.6. The van der Waals surface area contributed by atoms with Crippen LogP contribution in [0.3, 0.4) is 0 Å². The lowest BCUT2D eigenvalue weighted by Crippen LogP contribution is -2.10. The van der Waals surface area contributed by atoms with E-state index < -0.39 is 0 Å². The van der Waals surface area contributed by atoms with Gasteiger partial charge >= 0.3 is 0 Å². The van der Waals surface area contributed by atoms with Crippen LogP contribution in [-0.4, -0.2) is 61.2 Å². The molecule has 0 radical (unpaired) electrons. The number of hydrogen-bond donors (Lipinski definition) is 2. The fourth-order valence-corrected chi connectivity index (χ4v) is 19.6. The summed E-state index contributed by atoms with van der Waals surface area (Å²) in [7, 11) is 0. The number of hydrogen-bond acceptors (Lipinski definition) is 16. The highest BCUT2D eigenvalue weighted by atomic mass is 32.1. The zero-order valence-corrected chi connectivity index (χ0v) is 71.0. The summed E-state index contributed by atoms with van der Waals surface area (Å²) in [6.45, 7) is 18.8. The SMILES string of the molecule is CCCCCCCCCCCCOc1cccc(-c2nc3c(-c4ccc(-c5ccc(-c6nc(NCCCCCCCC)c7nc(-c8ccc(-c9ccc(C)s9)s8)nc(NCCCCCCCC)c7n6)s5)s4)cnc(-c4sc(C)cc4CCCCCC)c3nc2-c2cccc(OCCCCCCCCCCCC)c2)c1. The van der Waals surface area contributed by atoms with Crippen LogP contribution in [0.25, 0.3) is 107 Å². The normalized spacial score (nSPS) is 11.7. The summed E-state index contributed by atoms with van der Waals surface area (Å²) < 4.78 is 13.3.